The number of rotatable bonds is 4. The van der Waals surface area contributed by atoms with Crippen LogP contribution in [-0.2, 0) is 6.42 Å². The summed E-state index contributed by atoms with van der Waals surface area (Å²) in [5.74, 6) is -2.80. The molecule has 2 nitrogen and oxygen atoms in total. The summed E-state index contributed by atoms with van der Waals surface area (Å²) >= 11 is 0. The minimum absolute atomic E-state index is 0.0143. The van der Waals surface area contributed by atoms with Crippen molar-refractivity contribution in [1.29, 1.82) is 0 Å². The molecule has 2 N–H and O–H groups in total. The van der Waals surface area contributed by atoms with Gasteiger partial charge in [0.25, 0.3) is 5.92 Å². The first-order valence-electron chi connectivity index (χ1n) is 4.78. The van der Waals surface area contributed by atoms with Gasteiger partial charge in [-0.1, -0.05) is 12.1 Å². The zero-order chi connectivity index (χ0) is 11.5. The van der Waals surface area contributed by atoms with Gasteiger partial charge in [-0.05, 0) is 31.7 Å². The van der Waals surface area contributed by atoms with Crippen LogP contribution < -0.4 is 5.32 Å². The van der Waals surface area contributed by atoms with Crippen LogP contribution in [0.3, 0.4) is 0 Å². The van der Waals surface area contributed by atoms with Gasteiger partial charge < -0.3 is 10.4 Å². The number of aromatic hydroxyl groups is 1. The smallest absolute Gasteiger partial charge is 0.266 e. The van der Waals surface area contributed by atoms with Crippen molar-refractivity contribution in [2.45, 2.75) is 25.3 Å². The summed E-state index contributed by atoms with van der Waals surface area (Å²) in [6.45, 7) is 1.43. The molecule has 0 heterocycles. The van der Waals surface area contributed by atoms with Crippen LogP contribution >= 0.6 is 0 Å². The monoisotopic (exact) mass is 215 g/mol. The molecule has 1 unspecified atom stereocenters. The first-order chi connectivity index (χ1) is 6.95. The summed E-state index contributed by atoms with van der Waals surface area (Å²) < 4.78 is 27.0. The standard InChI is InChI=1S/C11H15F2NO/c1-8(14-2)11(12,13)7-9-4-3-5-10(15)6-9/h3-6,8,14-15H,7H2,1-2H3. The van der Waals surface area contributed by atoms with Crippen molar-refractivity contribution in [3.05, 3.63) is 29.8 Å². The van der Waals surface area contributed by atoms with Crippen molar-refractivity contribution in [3.63, 3.8) is 0 Å². The normalized spacial score (nSPS) is 13.9. The molecule has 4 heteroatoms. The Morgan fingerprint density at radius 3 is 2.67 bits per heavy atom. The number of hydrogen-bond donors (Lipinski definition) is 2. The van der Waals surface area contributed by atoms with Crippen molar-refractivity contribution >= 4 is 0 Å². The zero-order valence-corrected chi connectivity index (χ0v) is 8.80. The van der Waals surface area contributed by atoms with Gasteiger partial charge in [0.2, 0.25) is 0 Å². The number of phenols is 1. The molecule has 0 aliphatic heterocycles. The van der Waals surface area contributed by atoms with Crippen LogP contribution in [0.4, 0.5) is 8.78 Å². The lowest BCUT2D eigenvalue weighted by atomic mass is 10.0. The maximum Gasteiger partial charge on any atom is 0.266 e. The molecule has 1 atom stereocenters. The molecule has 0 aliphatic rings. The van der Waals surface area contributed by atoms with E-state index in [2.05, 4.69) is 5.32 Å². The molecule has 0 radical (unpaired) electrons. The third kappa shape index (κ3) is 3.16. The number of hydrogen-bond acceptors (Lipinski definition) is 2. The molecular formula is C11H15F2NO. The number of alkyl halides is 2. The Morgan fingerprint density at radius 2 is 2.13 bits per heavy atom. The lowest BCUT2D eigenvalue weighted by Crippen LogP contribution is -2.42. The highest BCUT2D eigenvalue weighted by atomic mass is 19.3. The highest BCUT2D eigenvalue weighted by molar-refractivity contribution is 5.28. The lowest BCUT2D eigenvalue weighted by molar-refractivity contribution is -0.0285. The van der Waals surface area contributed by atoms with Gasteiger partial charge in [-0.15, -0.1) is 0 Å². The van der Waals surface area contributed by atoms with E-state index in [-0.39, 0.29) is 12.2 Å². The highest BCUT2D eigenvalue weighted by Gasteiger charge is 2.35. The molecule has 0 amide bonds. The fraction of sp³-hybridized carbons (Fsp3) is 0.455. The number of halogens is 2. The van der Waals surface area contributed by atoms with E-state index in [1.165, 1.54) is 26.1 Å². The van der Waals surface area contributed by atoms with E-state index in [1.54, 1.807) is 12.1 Å². The van der Waals surface area contributed by atoms with Gasteiger partial charge in [0.05, 0.1) is 6.04 Å². The average molecular weight is 215 g/mol. The fourth-order valence-corrected chi connectivity index (χ4v) is 1.30. The Bertz CT molecular complexity index is 328. The van der Waals surface area contributed by atoms with E-state index >= 15 is 0 Å². The average Bonchev–Trinajstić information content (AvgIpc) is 2.15. The number of phenolic OH excluding ortho intramolecular Hbond substituents is 1. The second kappa shape index (κ2) is 4.57. The predicted molar refractivity (Wildman–Crippen MR) is 55.3 cm³/mol. The maximum atomic E-state index is 13.5. The summed E-state index contributed by atoms with van der Waals surface area (Å²) in [6, 6.07) is 5.07. The molecule has 0 spiro atoms. The molecule has 0 fully saturated rings. The second-order valence-electron chi connectivity index (χ2n) is 3.62. The van der Waals surface area contributed by atoms with E-state index in [0.29, 0.717) is 5.56 Å². The highest BCUT2D eigenvalue weighted by Crippen LogP contribution is 2.25. The first kappa shape index (κ1) is 11.9. The van der Waals surface area contributed by atoms with Crippen molar-refractivity contribution in [2.24, 2.45) is 0 Å². The second-order valence-corrected chi connectivity index (χ2v) is 3.62. The van der Waals surface area contributed by atoms with Gasteiger partial charge in [0.1, 0.15) is 5.75 Å². The van der Waals surface area contributed by atoms with E-state index < -0.39 is 12.0 Å². The van der Waals surface area contributed by atoms with Crippen molar-refractivity contribution in [2.75, 3.05) is 7.05 Å². The van der Waals surface area contributed by atoms with Gasteiger partial charge >= 0.3 is 0 Å². The lowest BCUT2D eigenvalue weighted by Gasteiger charge is -2.23. The van der Waals surface area contributed by atoms with Gasteiger partial charge in [0, 0.05) is 6.42 Å². The van der Waals surface area contributed by atoms with Crippen LogP contribution in [0.2, 0.25) is 0 Å². The first-order valence-corrected chi connectivity index (χ1v) is 4.78. The number of nitrogens with one attached hydrogen (secondary N) is 1. The van der Waals surface area contributed by atoms with Gasteiger partial charge in [0.15, 0.2) is 0 Å². The van der Waals surface area contributed by atoms with Crippen molar-refractivity contribution < 1.29 is 13.9 Å². The molecule has 1 rings (SSSR count). The Balaban J connectivity index is 2.77. The maximum absolute atomic E-state index is 13.5. The molecule has 0 aromatic heterocycles. The Kier molecular flexibility index (Phi) is 3.63. The zero-order valence-electron chi connectivity index (χ0n) is 8.80. The number of benzene rings is 1. The van der Waals surface area contributed by atoms with E-state index in [4.69, 9.17) is 5.11 Å². The van der Waals surface area contributed by atoms with Crippen LogP contribution in [0.25, 0.3) is 0 Å². The van der Waals surface area contributed by atoms with Crippen LogP contribution in [0.5, 0.6) is 5.75 Å². The predicted octanol–water partition coefficient (Wildman–Crippen LogP) is 2.18. The third-order valence-electron chi connectivity index (χ3n) is 2.42. The molecule has 0 saturated carbocycles. The topological polar surface area (TPSA) is 32.3 Å². The summed E-state index contributed by atoms with van der Waals surface area (Å²) in [7, 11) is 1.50. The van der Waals surface area contributed by atoms with Crippen LogP contribution in [-0.4, -0.2) is 24.1 Å². The SMILES string of the molecule is CNC(C)C(F)(F)Cc1cccc(O)c1. The molecule has 0 aliphatic carbocycles. The van der Waals surface area contributed by atoms with Crippen LogP contribution in [0, 0.1) is 0 Å². The van der Waals surface area contributed by atoms with Gasteiger partial charge in [-0.3, -0.25) is 0 Å². The van der Waals surface area contributed by atoms with Gasteiger partial charge in [-0.25, -0.2) is 8.78 Å². The summed E-state index contributed by atoms with van der Waals surface area (Å²) in [4.78, 5) is 0. The van der Waals surface area contributed by atoms with Crippen LogP contribution in [0.15, 0.2) is 24.3 Å². The van der Waals surface area contributed by atoms with E-state index in [1.807, 2.05) is 0 Å². The summed E-state index contributed by atoms with van der Waals surface area (Å²) in [5, 5.41) is 11.7. The van der Waals surface area contributed by atoms with Crippen molar-refractivity contribution in [3.8, 4) is 5.75 Å². The minimum atomic E-state index is -2.82. The largest absolute Gasteiger partial charge is 0.508 e. The third-order valence-corrected chi connectivity index (χ3v) is 2.42. The van der Waals surface area contributed by atoms with Crippen molar-refractivity contribution in [1.82, 2.24) is 5.32 Å². The molecule has 1 aromatic rings. The Morgan fingerprint density at radius 1 is 1.47 bits per heavy atom. The summed E-state index contributed by atoms with van der Waals surface area (Å²) in [5.41, 5.74) is 0.433. The minimum Gasteiger partial charge on any atom is -0.508 e. The fourth-order valence-electron chi connectivity index (χ4n) is 1.30. The van der Waals surface area contributed by atoms with E-state index in [9.17, 15) is 8.78 Å². The molecule has 15 heavy (non-hydrogen) atoms. The molecule has 84 valence electrons. The molecule has 0 bridgehead atoms. The quantitative estimate of drug-likeness (QED) is 0.806. The van der Waals surface area contributed by atoms with Crippen LogP contribution in [0.1, 0.15) is 12.5 Å². The molecular weight excluding hydrogens is 200 g/mol. The Labute approximate surface area is 87.9 Å². The van der Waals surface area contributed by atoms with Gasteiger partial charge in [-0.2, -0.15) is 0 Å². The summed E-state index contributed by atoms with van der Waals surface area (Å²) in [6.07, 6.45) is -0.372. The Hall–Kier alpha value is -1.16. The molecule has 1 aromatic carbocycles. The molecule has 0 saturated heterocycles. The van der Waals surface area contributed by atoms with E-state index in [0.717, 1.165) is 0 Å².